The van der Waals surface area contributed by atoms with Crippen LogP contribution >= 0.6 is 0 Å². The molecule has 0 saturated heterocycles. The first kappa shape index (κ1) is 53.3. The Balaban J connectivity index is 0.769. The second-order valence-corrected chi connectivity index (χ2v) is 25.4. The van der Waals surface area contributed by atoms with Crippen LogP contribution in [0.2, 0.25) is 0 Å². The SMILES string of the molecule is c1ccc(-c2nc(-c3cccc(-n4c5ccc(-c6ccc7cc(N(c8ccc9oc%10ccccc%10c9c8)c8ccc9oc%10ccccc%10c9c8)ccc7c6)cc5c5c6ccccc6c6c7cc8c9ccccc9c9ccccc9c8cc7oc6c54)c3)cc(-c3ccccn3)n2)cc1. The molecule has 0 amide bonds. The van der Waals surface area contributed by atoms with Gasteiger partial charge < -0.3 is 22.7 Å². The van der Waals surface area contributed by atoms with Crippen LogP contribution in [0.3, 0.4) is 0 Å². The smallest absolute Gasteiger partial charge is 0.160 e. The van der Waals surface area contributed by atoms with Gasteiger partial charge in [0, 0.05) is 83.2 Å². The van der Waals surface area contributed by atoms with E-state index in [1.54, 1.807) is 0 Å². The fourth-order valence-electron chi connectivity index (χ4n) is 15.5. The predicted octanol–water partition coefficient (Wildman–Crippen LogP) is 24.6. The molecule has 0 N–H and O–H groups in total. The van der Waals surface area contributed by atoms with Crippen molar-refractivity contribution in [2.24, 2.45) is 0 Å². The third-order valence-electron chi connectivity index (χ3n) is 19.9. The molecule has 21 aromatic rings. The minimum absolute atomic E-state index is 0.628. The summed E-state index contributed by atoms with van der Waals surface area (Å²) in [6.07, 6.45) is 1.81. The number of furan rings is 3. The Morgan fingerprint density at radius 3 is 1.53 bits per heavy atom. The quantitative estimate of drug-likeness (QED) is 0.140. The first-order chi connectivity index (χ1) is 48.0. The van der Waals surface area contributed by atoms with Crippen molar-refractivity contribution in [3.05, 3.63) is 310 Å². The van der Waals surface area contributed by atoms with Crippen LogP contribution in [0, 0.1) is 0 Å². The zero-order chi connectivity index (χ0) is 63.4. The summed E-state index contributed by atoms with van der Waals surface area (Å²) in [6, 6.07) is 108. The fourth-order valence-corrected chi connectivity index (χ4v) is 15.5. The van der Waals surface area contributed by atoms with Gasteiger partial charge in [0.15, 0.2) is 11.4 Å². The minimum atomic E-state index is 0.628. The molecule has 8 nitrogen and oxygen atoms in total. The lowest BCUT2D eigenvalue weighted by molar-refractivity contribution is 0.668. The van der Waals surface area contributed by atoms with Crippen molar-refractivity contribution in [3.63, 3.8) is 0 Å². The van der Waals surface area contributed by atoms with Gasteiger partial charge in [-0.1, -0.05) is 182 Å². The first-order valence-electron chi connectivity index (χ1n) is 32.8. The van der Waals surface area contributed by atoms with Crippen LogP contribution in [0.1, 0.15) is 0 Å². The summed E-state index contributed by atoms with van der Waals surface area (Å²) in [5.41, 5.74) is 17.6. The number of benzene rings is 15. The van der Waals surface area contributed by atoms with Crippen molar-refractivity contribution in [1.29, 1.82) is 0 Å². The average molecular weight is 1240 g/mol. The van der Waals surface area contributed by atoms with E-state index in [-0.39, 0.29) is 0 Å². The van der Waals surface area contributed by atoms with Crippen LogP contribution in [0.4, 0.5) is 17.1 Å². The summed E-state index contributed by atoms with van der Waals surface area (Å²) in [5, 5.41) is 20.4. The van der Waals surface area contributed by atoms with E-state index in [0.29, 0.717) is 5.82 Å². The molecular formula is C89H51N5O3. The highest BCUT2D eigenvalue weighted by atomic mass is 16.3. The molecule has 0 aliphatic rings. The molecule has 0 aliphatic heterocycles. The van der Waals surface area contributed by atoms with Gasteiger partial charge in [0.2, 0.25) is 0 Å². The van der Waals surface area contributed by atoms with Crippen molar-refractivity contribution in [2.45, 2.75) is 0 Å². The standard InChI is InChI=1S/C89H51N5O3/c1-2-17-52(18-3-1)89-91-77(51-78(92-89)76-29-14-15-42-90-76)57-19-16-20-58(45-57)94-79-39-35-56(46-74(79)85-68-27-8-9-28-69(68)86-75-49-70-64-23-6-4-21-62(64)63-22-5-7-24-65(63)71(70)50-84(75)97-88(86)87(85)94)53-32-33-55-44-59(36-34-54(55)43-53)93(60-37-40-82-72(47-60)66-25-10-12-30-80(66)95-82)61-38-41-83-73(48-61)67-26-11-13-31-81(67)96-83/h1-51H. The predicted molar refractivity (Wildman–Crippen MR) is 400 cm³/mol. The van der Waals surface area contributed by atoms with Gasteiger partial charge in [-0.15, -0.1) is 0 Å². The number of nitrogens with zero attached hydrogens (tertiary/aromatic N) is 5. The lowest BCUT2D eigenvalue weighted by Crippen LogP contribution is -2.09. The van der Waals surface area contributed by atoms with E-state index in [0.717, 1.165) is 177 Å². The number of fused-ring (bicyclic) bond motifs is 23. The molecule has 0 unspecified atom stereocenters. The van der Waals surface area contributed by atoms with Gasteiger partial charge in [-0.25, -0.2) is 9.97 Å². The van der Waals surface area contributed by atoms with Crippen LogP contribution in [-0.4, -0.2) is 19.5 Å². The second kappa shape index (κ2) is 20.7. The zero-order valence-corrected chi connectivity index (χ0v) is 51.9. The molecule has 0 saturated carbocycles. The van der Waals surface area contributed by atoms with Crippen molar-refractivity contribution < 1.29 is 13.3 Å². The van der Waals surface area contributed by atoms with Crippen molar-refractivity contribution in [3.8, 4) is 50.8 Å². The maximum atomic E-state index is 7.53. The van der Waals surface area contributed by atoms with Crippen LogP contribution in [0.15, 0.2) is 323 Å². The number of anilines is 3. The Bertz CT molecular complexity index is 6730. The fraction of sp³-hybridized carbons (Fsp3) is 0. The lowest BCUT2D eigenvalue weighted by Gasteiger charge is -2.26. The molecule has 8 heteroatoms. The highest BCUT2D eigenvalue weighted by molar-refractivity contribution is 6.37. The number of aromatic nitrogens is 4. The minimum Gasteiger partial charge on any atom is -0.456 e. The number of hydrogen-bond donors (Lipinski definition) is 0. The topological polar surface area (TPSA) is 86.3 Å². The Morgan fingerprint density at radius 1 is 0.278 bits per heavy atom. The maximum absolute atomic E-state index is 7.53. The van der Waals surface area contributed by atoms with Crippen LogP contribution in [0.5, 0.6) is 0 Å². The molecule has 97 heavy (non-hydrogen) atoms. The van der Waals surface area contributed by atoms with Crippen molar-refractivity contribution >= 4 is 159 Å². The van der Waals surface area contributed by atoms with Gasteiger partial charge in [0.1, 0.15) is 27.9 Å². The van der Waals surface area contributed by atoms with Gasteiger partial charge in [-0.2, -0.15) is 0 Å². The molecule has 0 atom stereocenters. The summed E-state index contributed by atoms with van der Waals surface area (Å²) in [5.74, 6) is 0.628. The first-order valence-corrected chi connectivity index (χ1v) is 32.8. The maximum Gasteiger partial charge on any atom is 0.160 e. The molecule has 6 heterocycles. The van der Waals surface area contributed by atoms with Gasteiger partial charge in [-0.05, 0) is 186 Å². The van der Waals surface area contributed by atoms with Crippen LogP contribution in [0.25, 0.3) is 192 Å². The molecule has 0 fully saturated rings. The highest BCUT2D eigenvalue weighted by Crippen LogP contribution is 2.50. The van der Waals surface area contributed by atoms with Gasteiger partial charge in [0.25, 0.3) is 0 Å². The van der Waals surface area contributed by atoms with Crippen LogP contribution < -0.4 is 4.90 Å². The third kappa shape index (κ3) is 8.20. The average Bonchev–Trinajstić information content (AvgIpc) is 1.55. The van der Waals surface area contributed by atoms with E-state index in [9.17, 15) is 0 Å². The Morgan fingerprint density at radius 2 is 0.825 bits per heavy atom. The molecule has 0 aliphatic carbocycles. The summed E-state index contributed by atoms with van der Waals surface area (Å²) in [6.45, 7) is 0. The van der Waals surface area contributed by atoms with E-state index in [2.05, 4.69) is 252 Å². The molecule has 0 bridgehead atoms. The molecule has 6 aromatic heterocycles. The summed E-state index contributed by atoms with van der Waals surface area (Å²) in [4.78, 5) is 17.5. The second-order valence-electron chi connectivity index (χ2n) is 25.4. The van der Waals surface area contributed by atoms with Crippen molar-refractivity contribution in [1.82, 2.24) is 19.5 Å². The highest BCUT2D eigenvalue weighted by Gasteiger charge is 2.26. The van der Waals surface area contributed by atoms with E-state index in [4.69, 9.17) is 28.2 Å². The lowest BCUT2D eigenvalue weighted by atomic mass is 9.92. The molecule has 450 valence electrons. The van der Waals surface area contributed by atoms with E-state index < -0.39 is 0 Å². The van der Waals surface area contributed by atoms with Gasteiger partial charge in [-0.3, -0.25) is 4.98 Å². The summed E-state index contributed by atoms with van der Waals surface area (Å²) >= 11 is 0. The Labute approximate surface area is 553 Å². The third-order valence-corrected chi connectivity index (χ3v) is 19.9. The number of pyridine rings is 1. The molecule has 0 spiro atoms. The van der Waals surface area contributed by atoms with E-state index in [1.807, 2.05) is 66.9 Å². The largest absolute Gasteiger partial charge is 0.456 e. The van der Waals surface area contributed by atoms with E-state index in [1.165, 1.54) is 26.9 Å². The molecular weight excluding hydrogens is 1190 g/mol. The normalized spacial score (nSPS) is 12.1. The number of hydrogen-bond acceptors (Lipinski definition) is 7. The molecule has 0 radical (unpaired) electrons. The Kier molecular flexibility index (Phi) is 11.4. The van der Waals surface area contributed by atoms with Gasteiger partial charge in [0.05, 0.1) is 28.1 Å². The monoisotopic (exact) mass is 1240 g/mol. The van der Waals surface area contributed by atoms with E-state index >= 15 is 0 Å². The van der Waals surface area contributed by atoms with Crippen molar-refractivity contribution in [2.75, 3.05) is 4.90 Å². The van der Waals surface area contributed by atoms with Crippen LogP contribution in [-0.2, 0) is 0 Å². The molecule has 15 aromatic carbocycles. The Hall–Kier alpha value is -13.2. The zero-order valence-electron chi connectivity index (χ0n) is 51.9. The summed E-state index contributed by atoms with van der Waals surface area (Å²) < 4.78 is 22.7. The summed E-state index contributed by atoms with van der Waals surface area (Å²) in [7, 11) is 0. The van der Waals surface area contributed by atoms with Gasteiger partial charge >= 0.3 is 0 Å². The number of para-hydroxylation sites is 2. The number of rotatable bonds is 8. The molecule has 21 rings (SSSR count).